The summed E-state index contributed by atoms with van der Waals surface area (Å²) in [5, 5.41) is 23.2. The molecule has 0 bridgehead atoms. The minimum atomic E-state index is -0.102. The van der Waals surface area contributed by atoms with Gasteiger partial charge in [-0.3, -0.25) is 4.79 Å². The molecule has 5 rings (SSSR count). The highest BCUT2D eigenvalue weighted by atomic mass is 16.5. The fourth-order valence-corrected chi connectivity index (χ4v) is 5.40. The van der Waals surface area contributed by atoms with E-state index in [1.165, 1.54) is 11.1 Å². The SMILES string of the molecule is CC(C)Oc1ccc(-c2nc(-c3cccc4c3CC[C@@]43CCC(=O)N(CCO)C3)no2)cc1C#N. The highest BCUT2D eigenvalue weighted by Crippen LogP contribution is 2.47. The first-order valence-electron chi connectivity index (χ1n) is 12.0. The predicted octanol–water partition coefficient (Wildman–Crippen LogP) is 3.86. The number of β-amino-alcohol motifs (C(OH)–C–C–N with tert-alkyl or cyclic N) is 1. The molecular formula is C27H28N4O4. The number of carbonyl (C=O) groups excluding carboxylic acids is 1. The van der Waals surface area contributed by atoms with Crippen LogP contribution in [-0.2, 0) is 16.6 Å². The first-order valence-corrected chi connectivity index (χ1v) is 12.0. The monoisotopic (exact) mass is 472 g/mol. The number of rotatable bonds is 6. The molecule has 3 aromatic rings. The van der Waals surface area contributed by atoms with Crippen molar-refractivity contribution in [3.05, 3.63) is 53.1 Å². The Bertz CT molecular complexity index is 1310. The summed E-state index contributed by atoms with van der Waals surface area (Å²) in [6, 6.07) is 13.6. The summed E-state index contributed by atoms with van der Waals surface area (Å²) in [5.74, 6) is 1.49. The Kier molecular flexibility index (Phi) is 6.03. The van der Waals surface area contributed by atoms with Crippen molar-refractivity contribution in [2.75, 3.05) is 19.7 Å². The molecule has 2 aromatic carbocycles. The minimum absolute atomic E-state index is 0.0293. The van der Waals surface area contributed by atoms with Gasteiger partial charge in [-0.05, 0) is 62.4 Å². The van der Waals surface area contributed by atoms with Gasteiger partial charge in [0, 0.05) is 36.1 Å². The van der Waals surface area contributed by atoms with Gasteiger partial charge in [-0.1, -0.05) is 23.4 Å². The smallest absolute Gasteiger partial charge is 0.258 e. The van der Waals surface area contributed by atoms with Crippen molar-refractivity contribution in [3.63, 3.8) is 0 Å². The summed E-state index contributed by atoms with van der Waals surface area (Å²) in [4.78, 5) is 18.8. The van der Waals surface area contributed by atoms with Crippen LogP contribution in [0.2, 0.25) is 0 Å². The molecule has 1 aliphatic heterocycles. The topological polar surface area (TPSA) is 112 Å². The Morgan fingerprint density at radius 2 is 2.09 bits per heavy atom. The first-order chi connectivity index (χ1) is 16.9. The number of aromatic nitrogens is 2. The lowest BCUT2D eigenvalue weighted by atomic mass is 9.74. The summed E-state index contributed by atoms with van der Waals surface area (Å²) in [7, 11) is 0. The van der Waals surface area contributed by atoms with Gasteiger partial charge in [0.1, 0.15) is 11.8 Å². The maximum absolute atomic E-state index is 12.3. The van der Waals surface area contributed by atoms with Crippen molar-refractivity contribution >= 4 is 5.91 Å². The zero-order valence-electron chi connectivity index (χ0n) is 20.0. The molecule has 8 heteroatoms. The molecule has 1 amide bonds. The Hall–Kier alpha value is -3.70. The number of likely N-dealkylation sites (tertiary alicyclic amines) is 1. The van der Waals surface area contributed by atoms with E-state index in [0.29, 0.717) is 48.1 Å². The van der Waals surface area contributed by atoms with Crippen LogP contribution < -0.4 is 4.74 Å². The van der Waals surface area contributed by atoms with Gasteiger partial charge in [-0.2, -0.15) is 10.2 Å². The lowest BCUT2D eigenvalue weighted by Crippen LogP contribution is -2.48. The molecule has 1 aliphatic carbocycles. The van der Waals surface area contributed by atoms with Crippen LogP contribution in [-0.4, -0.2) is 51.9 Å². The summed E-state index contributed by atoms with van der Waals surface area (Å²) < 4.78 is 11.3. The standard InChI is InChI=1S/C27H28N4O4/c1-17(2)34-23-7-6-18(14-19(23)15-28)26-29-25(30-35-26)21-4-3-5-22-20(21)8-10-27(22)11-9-24(33)31(16-27)12-13-32/h3-7,14,17,32H,8-13,16H2,1-2H3/t27-/m0/s1. The van der Waals surface area contributed by atoms with Gasteiger partial charge >= 0.3 is 0 Å². The maximum Gasteiger partial charge on any atom is 0.258 e. The largest absolute Gasteiger partial charge is 0.490 e. The highest BCUT2D eigenvalue weighted by molar-refractivity contribution is 5.78. The average molecular weight is 473 g/mol. The Balaban J connectivity index is 1.46. The number of nitrogens with zero attached hydrogens (tertiary/aromatic N) is 4. The van der Waals surface area contributed by atoms with E-state index in [-0.39, 0.29) is 24.0 Å². The Morgan fingerprint density at radius 3 is 2.86 bits per heavy atom. The number of ether oxygens (including phenoxy) is 1. The normalized spacial score (nSPS) is 19.3. The number of piperidine rings is 1. The maximum atomic E-state index is 12.3. The van der Waals surface area contributed by atoms with Gasteiger partial charge in [0.15, 0.2) is 0 Å². The van der Waals surface area contributed by atoms with E-state index in [1.54, 1.807) is 17.0 Å². The second kappa shape index (κ2) is 9.16. The van der Waals surface area contributed by atoms with Crippen LogP contribution in [0, 0.1) is 11.3 Å². The first kappa shape index (κ1) is 23.1. The fraction of sp³-hybridized carbons (Fsp3) is 0.407. The molecule has 2 heterocycles. The van der Waals surface area contributed by atoms with E-state index in [1.807, 2.05) is 32.0 Å². The molecule has 1 saturated heterocycles. The van der Waals surface area contributed by atoms with Crippen molar-refractivity contribution in [1.82, 2.24) is 15.0 Å². The van der Waals surface area contributed by atoms with Crippen molar-refractivity contribution < 1.29 is 19.2 Å². The predicted molar refractivity (Wildman–Crippen MR) is 129 cm³/mol. The third-order valence-electron chi connectivity index (χ3n) is 7.01. The van der Waals surface area contributed by atoms with Crippen molar-refractivity contribution in [2.24, 2.45) is 0 Å². The molecule has 1 atom stereocenters. The van der Waals surface area contributed by atoms with E-state index >= 15 is 0 Å². The van der Waals surface area contributed by atoms with Crippen LogP contribution in [0.25, 0.3) is 22.8 Å². The summed E-state index contributed by atoms with van der Waals surface area (Å²) in [6.07, 6.45) is 3.08. The van der Waals surface area contributed by atoms with Crippen LogP contribution >= 0.6 is 0 Å². The number of fused-ring (bicyclic) bond motifs is 2. The molecule has 0 saturated carbocycles. The fourth-order valence-electron chi connectivity index (χ4n) is 5.40. The number of hydrogen-bond donors (Lipinski definition) is 1. The molecule has 2 aliphatic rings. The molecule has 1 N–H and O–H groups in total. The molecule has 0 radical (unpaired) electrons. The van der Waals surface area contributed by atoms with Crippen molar-refractivity contribution in [1.29, 1.82) is 5.26 Å². The van der Waals surface area contributed by atoms with Gasteiger partial charge in [0.05, 0.1) is 18.3 Å². The lowest BCUT2D eigenvalue weighted by molar-refractivity contribution is -0.136. The lowest BCUT2D eigenvalue weighted by Gasteiger charge is -2.41. The second-order valence-corrected chi connectivity index (χ2v) is 9.56. The quantitative estimate of drug-likeness (QED) is 0.580. The third kappa shape index (κ3) is 4.17. The zero-order chi connectivity index (χ0) is 24.6. The highest BCUT2D eigenvalue weighted by Gasteiger charge is 2.44. The van der Waals surface area contributed by atoms with E-state index in [9.17, 15) is 15.2 Å². The number of aliphatic hydroxyl groups is 1. The average Bonchev–Trinajstić information content (AvgIpc) is 3.48. The van der Waals surface area contributed by atoms with Crippen LogP contribution in [0.1, 0.15) is 49.8 Å². The van der Waals surface area contributed by atoms with Gasteiger partial charge in [0.25, 0.3) is 5.89 Å². The van der Waals surface area contributed by atoms with Crippen LogP contribution in [0.15, 0.2) is 40.9 Å². The third-order valence-corrected chi connectivity index (χ3v) is 7.01. The Labute approximate surface area is 204 Å². The van der Waals surface area contributed by atoms with Crippen LogP contribution in [0.5, 0.6) is 5.75 Å². The van der Waals surface area contributed by atoms with Gasteiger partial charge in [-0.15, -0.1) is 0 Å². The minimum Gasteiger partial charge on any atom is -0.490 e. The van der Waals surface area contributed by atoms with E-state index in [4.69, 9.17) is 9.26 Å². The summed E-state index contributed by atoms with van der Waals surface area (Å²) in [6.45, 7) is 4.80. The second-order valence-electron chi connectivity index (χ2n) is 9.56. The van der Waals surface area contributed by atoms with Crippen molar-refractivity contribution in [2.45, 2.75) is 51.0 Å². The van der Waals surface area contributed by atoms with Crippen molar-refractivity contribution in [3.8, 4) is 34.7 Å². The van der Waals surface area contributed by atoms with Crippen LogP contribution in [0.4, 0.5) is 0 Å². The van der Waals surface area contributed by atoms with Crippen LogP contribution in [0.3, 0.4) is 0 Å². The van der Waals surface area contributed by atoms with Gasteiger partial charge < -0.3 is 19.3 Å². The molecule has 180 valence electrons. The number of nitriles is 1. The molecule has 1 aromatic heterocycles. The molecular weight excluding hydrogens is 444 g/mol. The van der Waals surface area contributed by atoms with Gasteiger partial charge in [-0.25, -0.2) is 0 Å². The Morgan fingerprint density at radius 1 is 1.26 bits per heavy atom. The molecule has 1 spiro atoms. The summed E-state index contributed by atoms with van der Waals surface area (Å²) in [5.41, 5.74) is 4.33. The van der Waals surface area contributed by atoms with E-state index in [2.05, 4.69) is 22.3 Å². The number of aliphatic hydroxyl groups excluding tert-OH is 1. The number of amides is 1. The van der Waals surface area contributed by atoms with Gasteiger partial charge in [0.2, 0.25) is 11.7 Å². The molecule has 1 fully saturated rings. The molecule has 35 heavy (non-hydrogen) atoms. The van der Waals surface area contributed by atoms with E-state index in [0.717, 1.165) is 24.8 Å². The van der Waals surface area contributed by atoms with E-state index < -0.39 is 0 Å². The summed E-state index contributed by atoms with van der Waals surface area (Å²) >= 11 is 0. The number of benzene rings is 2. The number of hydrogen-bond acceptors (Lipinski definition) is 7. The zero-order valence-corrected chi connectivity index (χ0v) is 20.0. The number of carbonyl (C=O) groups is 1. The molecule has 8 nitrogen and oxygen atoms in total. The molecule has 0 unspecified atom stereocenters.